The van der Waals surface area contributed by atoms with Gasteiger partial charge in [0.05, 0.1) is 6.61 Å². The van der Waals surface area contributed by atoms with Crippen LogP contribution in [0.4, 0.5) is 0 Å². The number of ether oxygens (including phenoxy) is 2. The average Bonchev–Trinajstić information content (AvgIpc) is 2.18. The highest BCUT2D eigenvalue weighted by Gasteiger charge is 2.37. The number of carboxylic acids is 1. The highest BCUT2D eigenvalue weighted by molar-refractivity contribution is 5.67. The summed E-state index contributed by atoms with van der Waals surface area (Å²) >= 11 is 0. The van der Waals surface area contributed by atoms with Crippen molar-refractivity contribution in [3.63, 3.8) is 0 Å². The maximum absolute atomic E-state index is 10.1. The second-order valence-corrected chi connectivity index (χ2v) is 3.19. The van der Waals surface area contributed by atoms with E-state index in [-0.39, 0.29) is 6.61 Å². The molecule has 1 aliphatic rings. The van der Waals surface area contributed by atoms with Crippen LogP contribution in [0.1, 0.15) is 0 Å². The van der Waals surface area contributed by atoms with Crippen LogP contribution >= 0.6 is 0 Å². The van der Waals surface area contributed by atoms with Crippen LogP contribution in [0.2, 0.25) is 0 Å². The summed E-state index contributed by atoms with van der Waals surface area (Å²) in [6.07, 6.45) is -4.78. The number of aliphatic hydroxyl groups excluding tert-OH is 3. The molecule has 1 aliphatic heterocycles. The first kappa shape index (κ1) is 12.3. The van der Waals surface area contributed by atoms with Gasteiger partial charge in [0.1, 0.15) is 37.6 Å². The Balaban J connectivity index is 2.32. The molecule has 1 heterocycles. The van der Waals surface area contributed by atoms with E-state index >= 15 is 0 Å². The van der Waals surface area contributed by atoms with Gasteiger partial charge in [-0.15, -0.1) is 0 Å². The molecule has 0 bridgehead atoms. The van der Waals surface area contributed by atoms with E-state index in [4.69, 9.17) is 19.7 Å². The van der Waals surface area contributed by atoms with E-state index in [1.807, 2.05) is 0 Å². The number of aliphatic hydroxyl groups is 3. The molecule has 0 amide bonds. The summed E-state index contributed by atoms with van der Waals surface area (Å²) in [6, 6.07) is 0. The Labute approximate surface area is 85.9 Å². The predicted molar refractivity (Wildman–Crippen MR) is 45.6 cm³/mol. The molecular weight excluding hydrogens is 208 g/mol. The third-order valence-electron chi connectivity index (χ3n) is 1.98. The van der Waals surface area contributed by atoms with Crippen molar-refractivity contribution in [2.75, 3.05) is 13.2 Å². The van der Waals surface area contributed by atoms with Gasteiger partial charge in [-0.3, -0.25) is 0 Å². The average molecular weight is 221 g/mol. The van der Waals surface area contributed by atoms with E-state index in [0.29, 0.717) is 0 Å². The fourth-order valence-electron chi connectivity index (χ4n) is 1.16. The fourth-order valence-corrected chi connectivity index (χ4v) is 1.16. The van der Waals surface area contributed by atoms with Crippen molar-refractivity contribution in [3.05, 3.63) is 6.61 Å². The minimum absolute atomic E-state index is 0.173. The first-order chi connectivity index (χ1) is 7.02. The normalized spacial score (nSPS) is 36.5. The number of rotatable bonds is 4. The van der Waals surface area contributed by atoms with Gasteiger partial charge < -0.3 is 29.9 Å². The molecule has 0 saturated carbocycles. The molecule has 0 aliphatic carbocycles. The van der Waals surface area contributed by atoms with Gasteiger partial charge in [-0.25, -0.2) is 4.79 Å². The van der Waals surface area contributed by atoms with Crippen LogP contribution in [-0.2, 0) is 14.3 Å². The fraction of sp³-hybridized carbons (Fsp3) is 0.750. The molecule has 7 heteroatoms. The quantitative estimate of drug-likeness (QED) is 0.423. The first-order valence-electron chi connectivity index (χ1n) is 4.35. The van der Waals surface area contributed by atoms with Crippen LogP contribution in [0.25, 0.3) is 0 Å². The van der Waals surface area contributed by atoms with Gasteiger partial charge in [0.25, 0.3) is 0 Å². The Kier molecular flexibility index (Phi) is 4.43. The summed E-state index contributed by atoms with van der Waals surface area (Å²) in [5.74, 6) is -1.13. The Morgan fingerprint density at radius 3 is 2.60 bits per heavy atom. The number of hydrogen-bond donors (Lipinski definition) is 4. The van der Waals surface area contributed by atoms with E-state index in [0.717, 1.165) is 6.61 Å². The number of carbonyl (C=O) groups is 1. The summed E-state index contributed by atoms with van der Waals surface area (Å²) < 4.78 is 9.54. The van der Waals surface area contributed by atoms with Gasteiger partial charge in [0, 0.05) is 0 Å². The highest BCUT2D eigenvalue weighted by atomic mass is 16.6. The molecule has 1 rings (SSSR count). The van der Waals surface area contributed by atoms with E-state index in [9.17, 15) is 15.0 Å². The Morgan fingerprint density at radius 1 is 1.33 bits per heavy atom. The maximum atomic E-state index is 10.1. The van der Waals surface area contributed by atoms with Gasteiger partial charge in [0.2, 0.25) is 0 Å². The monoisotopic (exact) mass is 221 g/mol. The molecule has 0 aromatic rings. The summed E-state index contributed by atoms with van der Waals surface area (Å²) in [5.41, 5.74) is 0. The molecule has 0 aromatic carbocycles. The van der Waals surface area contributed by atoms with Gasteiger partial charge in [0.15, 0.2) is 0 Å². The smallest absolute Gasteiger partial charge is 0.329 e. The zero-order chi connectivity index (χ0) is 11.4. The van der Waals surface area contributed by atoms with E-state index < -0.39 is 37.0 Å². The summed E-state index contributed by atoms with van der Waals surface area (Å²) in [5, 5.41) is 36.0. The number of hydrogen-bond acceptors (Lipinski definition) is 6. The van der Waals surface area contributed by atoms with Crippen LogP contribution in [-0.4, -0.2) is 64.0 Å². The number of aliphatic carboxylic acids is 1. The van der Waals surface area contributed by atoms with Gasteiger partial charge in [-0.1, -0.05) is 0 Å². The lowest BCUT2D eigenvalue weighted by atomic mass is 10.0. The molecule has 87 valence electrons. The van der Waals surface area contributed by atoms with Crippen LogP contribution in [0.5, 0.6) is 0 Å². The molecule has 1 fully saturated rings. The van der Waals surface area contributed by atoms with Crippen LogP contribution in [0, 0.1) is 6.61 Å². The van der Waals surface area contributed by atoms with Gasteiger partial charge in [-0.05, 0) is 0 Å². The second-order valence-electron chi connectivity index (χ2n) is 3.19. The lowest BCUT2D eigenvalue weighted by Gasteiger charge is -2.34. The summed E-state index contributed by atoms with van der Waals surface area (Å²) in [4.78, 5) is 10.1. The largest absolute Gasteiger partial charge is 0.480 e. The van der Waals surface area contributed by atoms with Crippen molar-refractivity contribution in [3.8, 4) is 0 Å². The highest BCUT2D eigenvalue weighted by Crippen LogP contribution is 2.18. The van der Waals surface area contributed by atoms with Crippen molar-refractivity contribution >= 4 is 5.97 Å². The van der Waals surface area contributed by atoms with Crippen molar-refractivity contribution < 1.29 is 34.7 Å². The third-order valence-corrected chi connectivity index (χ3v) is 1.98. The molecule has 4 atom stereocenters. The van der Waals surface area contributed by atoms with E-state index in [1.54, 1.807) is 0 Å². The van der Waals surface area contributed by atoms with Crippen molar-refractivity contribution in [1.82, 2.24) is 0 Å². The SMILES string of the molecule is O=C(O)COC[C@H]1O[CH][C@H](O)[C@@H](O)[C@H]1O. The van der Waals surface area contributed by atoms with Crippen LogP contribution in [0.15, 0.2) is 0 Å². The zero-order valence-corrected chi connectivity index (χ0v) is 7.81. The van der Waals surface area contributed by atoms with Crippen molar-refractivity contribution in [2.24, 2.45) is 0 Å². The molecule has 4 N–H and O–H groups in total. The lowest BCUT2D eigenvalue weighted by Crippen LogP contribution is -2.52. The predicted octanol–water partition coefficient (Wildman–Crippen LogP) is -2.27. The molecule has 0 spiro atoms. The lowest BCUT2D eigenvalue weighted by molar-refractivity contribution is -0.177. The summed E-state index contributed by atoms with van der Waals surface area (Å²) in [6.45, 7) is 0.297. The standard InChI is InChI=1S/C8H13O7/c9-4-1-15-5(8(13)7(4)12)2-14-3-6(10)11/h1,4-5,7-9,12-13H,2-3H2,(H,10,11)/t4-,5+,7+,8-/m0/s1. The second kappa shape index (κ2) is 5.38. The van der Waals surface area contributed by atoms with Gasteiger partial charge >= 0.3 is 5.97 Å². The van der Waals surface area contributed by atoms with Crippen LogP contribution < -0.4 is 0 Å². The summed E-state index contributed by atoms with van der Waals surface area (Å²) in [7, 11) is 0. The Hall–Kier alpha value is -0.730. The molecule has 0 unspecified atom stereocenters. The van der Waals surface area contributed by atoms with Crippen molar-refractivity contribution in [2.45, 2.75) is 24.4 Å². The first-order valence-corrected chi connectivity index (χ1v) is 4.35. The van der Waals surface area contributed by atoms with Crippen molar-refractivity contribution in [1.29, 1.82) is 0 Å². The third kappa shape index (κ3) is 3.40. The molecule has 7 nitrogen and oxygen atoms in total. The Morgan fingerprint density at radius 2 is 2.00 bits per heavy atom. The molecular formula is C8H13O7. The minimum Gasteiger partial charge on any atom is -0.480 e. The zero-order valence-electron chi connectivity index (χ0n) is 7.81. The molecule has 0 aromatic heterocycles. The van der Waals surface area contributed by atoms with Crippen LogP contribution in [0.3, 0.4) is 0 Å². The maximum Gasteiger partial charge on any atom is 0.329 e. The van der Waals surface area contributed by atoms with E-state index in [2.05, 4.69) is 0 Å². The number of carboxylic acid groups (broad SMARTS) is 1. The minimum atomic E-state index is -1.35. The molecule has 15 heavy (non-hydrogen) atoms. The molecule has 1 saturated heterocycles. The Bertz CT molecular complexity index is 219. The topological polar surface area (TPSA) is 116 Å². The van der Waals surface area contributed by atoms with Gasteiger partial charge in [-0.2, -0.15) is 0 Å². The van der Waals surface area contributed by atoms with E-state index in [1.165, 1.54) is 0 Å². The molecule has 1 radical (unpaired) electrons.